The molecule has 5 aromatic rings. The van der Waals surface area contributed by atoms with E-state index in [9.17, 15) is 13.2 Å². The highest BCUT2D eigenvalue weighted by molar-refractivity contribution is 5.97. The highest BCUT2D eigenvalue weighted by Gasteiger charge is 2.33. The van der Waals surface area contributed by atoms with E-state index in [0.717, 1.165) is 22.6 Å². The van der Waals surface area contributed by atoms with Crippen LogP contribution in [0, 0.1) is 0 Å². The number of benzene rings is 2. The van der Waals surface area contributed by atoms with Crippen molar-refractivity contribution >= 4 is 27.6 Å². The second-order valence-electron chi connectivity index (χ2n) is 8.15. The Hall–Kier alpha value is -4.24. The number of halogens is 3. The molecule has 3 heterocycles. The molecule has 3 aromatic heterocycles. The van der Waals surface area contributed by atoms with Crippen LogP contribution in [0.25, 0.3) is 38.9 Å². The zero-order valence-corrected chi connectivity index (χ0v) is 19.3. The third-order valence-electron chi connectivity index (χ3n) is 5.97. The number of nitrogens with two attached hydrogens (primary N) is 1. The molecule has 2 aromatic carbocycles. The summed E-state index contributed by atoms with van der Waals surface area (Å²) in [5, 5.41) is 4.74. The summed E-state index contributed by atoms with van der Waals surface area (Å²) in [6.07, 6.45) is -2.88. The monoisotopic (exact) mass is 493 g/mol. The van der Waals surface area contributed by atoms with E-state index in [0.29, 0.717) is 40.3 Å². The minimum atomic E-state index is -4.58. The molecule has 0 radical (unpaired) electrons. The molecule has 3 N–H and O–H groups in total. The van der Waals surface area contributed by atoms with Gasteiger partial charge in [0.25, 0.3) is 0 Å². The number of nitrogens with zero attached hydrogens (tertiary/aromatic N) is 1. The largest absolute Gasteiger partial charge is 0.494 e. The number of ether oxygens (including phenoxy) is 1. The fourth-order valence-electron chi connectivity index (χ4n) is 4.16. The molecule has 184 valence electrons. The van der Waals surface area contributed by atoms with Gasteiger partial charge in [0.15, 0.2) is 0 Å². The van der Waals surface area contributed by atoms with Gasteiger partial charge in [0.2, 0.25) is 0 Å². The van der Waals surface area contributed by atoms with Gasteiger partial charge in [-0.25, -0.2) is 4.98 Å². The minimum absolute atomic E-state index is 0.0841. The van der Waals surface area contributed by atoms with Gasteiger partial charge in [0.05, 0.1) is 19.9 Å². The number of methoxy groups -OCH3 is 1. The molecule has 5 rings (SSSR count). The van der Waals surface area contributed by atoms with Crippen LogP contribution in [0.4, 0.5) is 13.2 Å². The first-order chi connectivity index (χ1) is 17.3. The van der Waals surface area contributed by atoms with Crippen LogP contribution in [0.2, 0.25) is 0 Å². The van der Waals surface area contributed by atoms with Crippen molar-refractivity contribution < 1.29 is 26.7 Å². The van der Waals surface area contributed by atoms with E-state index in [1.54, 1.807) is 24.5 Å². The Morgan fingerprint density at radius 1 is 1.11 bits per heavy atom. The zero-order valence-electron chi connectivity index (χ0n) is 19.3. The van der Waals surface area contributed by atoms with Crippen molar-refractivity contribution in [3.05, 3.63) is 90.0 Å². The summed E-state index contributed by atoms with van der Waals surface area (Å²) >= 11 is 0. The molecule has 0 amide bonds. The maximum Gasteiger partial charge on any atom is 0.433 e. The summed E-state index contributed by atoms with van der Waals surface area (Å²) < 4.78 is 56.7. The van der Waals surface area contributed by atoms with Crippen molar-refractivity contribution in [3.63, 3.8) is 0 Å². The second kappa shape index (κ2) is 9.09. The van der Waals surface area contributed by atoms with Gasteiger partial charge in [-0.3, -0.25) is 0 Å². The lowest BCUT2D eigenvalue weighted by molar-refractivity contribution is -0.140. The third kappa shape index (κ3) is 4.18. The van der Waals surface area contributed by atoms with E-state index in [1.807, 2.05) is 24.3 Å². The Labute approximate surface area is 204 Å². The molecule has 0 bridgehead atoms. The van der Waals surface area contributed by atoms with Gasteiger partial charge in [-0.1, -0.05) is 24.8 Å². The lowest BCUT2D eigenvalue weighted by atomic mass is 10.0. The van der Waals surface area contributed by atoms with Gasteiger partial charge >= 0.3 is 6.18 Å². The van der Waals surface area contributed by atoms with E-state index < -0.39 is 11.9 Å². The molecule has 36 heavy (non-hydrogen) atoms. The van der Waals surface area contributed by atoms with Gasteiger partial charge in [-0.05, 0) is 36.4 Å². The number of furan rings is 2. The van der Waals surface area contributed by atoms with E-state index in [1.165, 1.54) is 13.2 Å². The molecule has 0 aliphatic carbocycles. The zero-order chi connectivity index (χ0) is 25.4. The first-order valence-electron chi connectivity index (χ1n) is 11.1. The van der Waals surface area contributed by atoms with Gasteiger partial charge in [0, 0.05) is 39.7 Å². The highest BCUT2D eigenvalue weighted by atomic mass is 19.4. The van der Waals surface area contributed by atoms with Crippen LogP contribution in [0.3, 0.4) is 0 Å². The summed E-state index contributed by atoms with van der Waals surface area (Å²) in [4.78, 5) is 3.82. The van der Waals surface area contributed by atoms with Crippen LogP contribution in [0.5, 0.6) is 5.75 Å². The summed E-state index contributed by atoms with van der Waals surface area (Å²) in [5.41, 5.74) is 8.60. The van der Waals surface area contributed by atoms with E-state index in [-0.39, 0.29) is 17.8 Å². The first kappa shape index (κ1) is 23.5. The van der Waals surface area contributed by atoms with E-state index >= 15 is 0 Å². The molecule has 0 atom stereocenters. The Morgan fingerprint density at radius 3 is 2.67 bits per heavy atom. The van der Waals surface area contributed by atoms with Crippen molar-refractivity contribution in [2.75, 3.05) is 7.11 Å². The highest BCUT2D eigenvalue weighted by Crippen LogP contribution is 2.38. The number of hydrogen-bond donors (Lipinski definition) is 2. The molecule has 0 saturated carbocycles. The molecular weight excluding hydrogens is 471 g/mol. The van der Waals surface area contributed by atoms with Crippen molar-refractivity contribution in [2.45, 2.75) is 19.3 Å². The normalized spacial score (nSPS) is 11.8. The number of nitrogens with one attached hydrogen (secondary N) is 1. The molecule has 0 unspecified atom stereocenters. The second-order valence-corrected chi connectivity index (χ2v) is 8.15. The summed E-state index contributed by atoms with van der Waals surface area (Å²) in [6, 6.07) is 15.1. The van der Waals surface area contributed by atoms with Crippen molar-refractivity contribution in [1.82, 2.24) is 10.3 Å². The topological polar surface area (TPSA) is 86.5 Å². The standard InChI is InChI=1S/C27H22F3N3O3/c1-15(32-13-16-14-35-21-6-4-3-5-17(16)21)20-11-23(36-24(20)12-31)18-7-9-22(34-2)26-19(18)8-10-25(33-26)27(28,29)30/h3-11,14,32H,1,12-13,31H2,2H3. The molecule has 0 saturated heterocycles. The van der Waals surface area contributed by atoms with Crippen LogP contribution in [0.1, 0.15) is 22.6 Å². The number of alkyl halides is 3. The quantitative estimate of drug-likeness (QED) is 0.270. The van der Waals surface area contributed by atoms with Gasteiger partial charge < -0.3 is 24.6 Å². The Kier molecular flexibility index (Phi) is 5.93. The first-order valence-corrected chi connectivity index (χ1v) is 11.1. The molecule has 0 aliphatic heterocycles. The van der Waals surface area contributed by atoms with Crippen molar-refractivity contribution in [2.24, 2.45) is 5.73 Å². The number of pyridine rings is 1. The molecular formula is C27H22F3N3O3. The van der Waals surface area contributed by atoms with E-state index in [2.05, 4.69) is 16.9 Å². The maximum absolute atomic E-state index is 13.3. The Morgan fingerprint density at radius 2 is 1.92 bits per heavy atom. The fraction of sp³-hybridized carbons (Fsp3) is 0.148. The summed E-state index contributed by atoms with van der Waals surface area (Å²) in [5.74, 6) is 1.14. The number of hydrogen-bond acceptors (Lipinski definition) is 6. The SMILES string of the molecule is C=C(NCc1coc2ccccc12)c1cc(-c2ccc(OC)c3nc(C(F)(F)F)ccc23)oc1CN. The molecule has 9 heteroatoms. The van der Waals surface area contributed by atoms with E-state index in [4.69, 9.17) is 19.3 Å². The van der Waals surface area contributed by atoms with Gasteiger partial charge in [0.1, 0.15) is 34.1 Å². The van der Waals surface area contributed by atoms with Crippen LogP contribution >= 0.6 is 0 Å². The van der Waals surface area contributed by atoms with Crippen molar-refractivity contribution in [3.8, 4) is 17.1 Å². The van der Waals surface area contributed by atoms with Crippen LogP contribution < -0.4 is 15.8 Å². The molecule has 0 fully saturated rings. The van der Waals surface area contributed by atoms with Gasteiger partial charge in [-0.15, -0.1) is 0 Å². The van der Waals surface area contributed by atoms with Crippen LogP contribution in [-0.4, -0.2) is 12.1 Å². The van der Waals surface area contributed by atoms with Crippen LogP contribution in [-0.2, 0) is 19.3 Å². The fourth-order valence-corrected chi connectivity index (χ4v) is 4.16. The number of fused-ring (bicyclic) bond motifs is 2. The maximum atomic E-state index is 13.3. The Bertz CT molecular complexity index is 1580. The molecule has 6 nitrogen and oxygen atoms in total. The van der Waals surface area contributed by atoms with Gasteiger partial charge in [-0.2, -0.15) is 13.2 Å². The molecule has 0 aliphatic rings. The summed E-state index contributed by atoms with van der Waals surface area (Å²) in [6.45, 7) is 4.71. The smallest absolute Gasteiger partial charge is 0.433 e. The van der Waals surface area contributed by atoms with Crippen LogP contribution in [0.15, 0.2) is 76.3 Å². The number of rotatable bonds is 7. The number of aromatic nitrogens is 1. The average Bonchev–Trinajstić information content (AvgIpc) is 3.50. The average molecular weight is 493 g/mol. The third-order valence-corrected chi connectivity index (χ3v) is 5.97. The minimum Gasteiger partial charge on any atom is -0.494 e. The molecule has 0 spiro atoms. The lowest BCUT2D eigenvalue weighted by Gasteiger charge is -2.11. The Balaban J connectivity index is 1.49. The number of para-hydroxylation sites is 1. The van der Waals surface area contributed by atoms with Crippen molar-refractivity contribution in [1.29, 1.82) is 0 Å². The lowest BCUT2D eigenvalue weighted by Crippen LogP contribution is -2.12. The predicted molar refractivity (Wildman–Crippen MR) is 131 cm³/mol. The summed E-state index contributed by atoms with van der Waals surface area (Å²) in [7, 11) is 1.38. The predicted octanol–water partition coefficient (Wildman–Crippen LogP) is 6.49.